The molecule has 0 bridgehead atoms. The Morgan fingerprint density at radius 2 is 1.48 bits per heavy atom. The number of unbranched alkanes of at least 4 members (excludes halogenated alkanes) is 1. The Morgan fingerprint density at radius 3 is 1.74 bits per heavy atom. The maximum Gasteiger partial charge on any atom is 0.217 e. The van der Waals surface area contributed by atoms with Crippen LogP contribution in [0.2, 0.25) is 0 Å². The highest BCUT2D eigenvalue weighted by atomic mass is 16.3. The number of carbonyl (C=O) groups is 1. The van der Waals surface area contributed by atoms with Crippen LogP contribution in [-0.2, 0) is 11.2 Å². The zero-order valence-corrected chi connectivity index (χ0v) is 21.9. The summed E-state index contributed by atoms with van der Waals surface area (Å²) in [5.41, 5.74) is 11.4. The second-order valence-electron chi connectivity index (χ2n) is 9.74. The van der Waals surface area contributed by atoms with Crippen LogP contribution in [-0.4, -0.2) is 33.6 Å². The number of aliphatic hydroxyl groups excluding tert-OH is 1. The van der Waals surface area contributed by atoms with Gasteiger partial charge in [0.05, 0.1) is 12.4 Å². The van der Waals surface area contributed by atoms with E-state index in [0.29, 0.717) is 24.2 Å². The molecule has 0 fully saturated rings. The lowest BCUT2D eigenvalue weighted by atomic mass is 10.1. The van der Waals surface area contributed by atoms with Crippen molar-refractivity contribution < 1.29 is 9.90 Å². The molecule has 6 nitrogen and oxygen atoms in total. The second kappa shape index (κ2) is 23.3. The molecular weight excluding hydrogens is 388 g/mol. The van der Waals surface area contributed by atoms with Gasteiger partial charge in [0, 0.05) is 18.3 Å². The van der Waals surface area contributed by atoms with E-state index < -0.39 is 0 Å². The summed E-state index contributed by atoms with van der Waals surface area (Å²) < 4.78 is 0. The van der Waals surface area contributed by atoms with Gasteiger partial charge in [-0.3, -0.25) is 4.79 Å². The molecule has 1 atom stereocenters. The van der Waals surface area contributed by atoms with Crippen molar-refractivity contribution in [2.45, 2.75) is 107 Å². The maximum atomic E-state index is 10.1. The highest BCUT2D eigenvalue weighted by Gasteiger charge is 1.98. The first-order valence-electron chi connectivity index (χ1n) is 12.0. The lowest BCUT2D eigenvalue weighted by Crippen LogP contribution is -2.10. The highest BCUT2D eigenvalue weighted by Crippen LogP contribution is 2.04. The molecule has 1 amide bonds. The van der Waals surface area contributed by atoms with Gasteiger partial charge in [-0.1, -0.05) is 68.2 Å². The maximum absolute atomic E-state index is 10.1. The quantitative estimate of drug-likeness (QED) is 0.367. The fraction of sp³-hybridized carbons (Fsp3) is 0.840. The molecule has 1 aromatic rings. The molecule has 0 aliphatic carbocycles. The van der Waals surface area contributed by atoms with E-state index >= 15 is 0 Å². The highest BCUT2D eigenvalue weighted by molar-refractivity contribution is 5.73. The summed E-state index contributed by atoms with van der Waals surface area (Å²) >= 11 is 0. The van der Waals surface area contributed by atoms with Crippen molar-refractivity contribution in [1.82, 2.24) is 9.97 Å². The molecule has 1 heterocycles. The molecule has 0 aliphatic rings. The molecule has 0 aromatic carbocycles. The summed E-state index contributed by atoms with van der Waals surface area (Å²) in [6.07, 6.45) is 9.80. The number of hydrogen-bond acceptors (Lipinski definition) is 4. The number of imidazole rings is 1. The summed E-state index contributed by atoms with van der Waals surface area (Å²) in [6.45, 7) is 19.7. The number of H-pyrrole nitrogens is 1. The Hall–Kier alpha value is -1.40. The van der Waals surface area contributed by atoms with Crippen molar-refractivity contribution in [3.05, 3.63) is 18.2 Å². The van der Waals surface area contributed by atoms with Gasteiger partial charge < -0.3 is 21.6 Å². The predicted octanol–water partition coefficient (Wildman–Crippen LogP) is 5.31. The first-order chi connectivity index (χ1) is 14.3. The van der Waals surface area contributed by atoms with E-state index in [1.165, 1.54) is 25.0 Å². The number of aromatic amines is 1. The molecule has 6 heteroatoms. The van der Waals surface area contributed by atoms with E-state index in [-0.39, 0.29) is 12.0 Å². The Bertz CT molecular complexity index is 464. The molecule has 0 aliphatic heterocycles. The fourth-order valence-electron chi connectivity index (χ4n) is 1.96. The lowest BCUT2D eigenvalue weighted by Gasteiger charge is -2.04. The van der Waals surface area contributed by atoms with E-state index in [1.54, 1.807) is 13.3 Å². The Kier molecular flexibility index (Phi) is 25.7. The van der Waals surface area contributed by atoms with Crippen LogP contribution in [0.15, 0.2) is 12.5 Å². The van der Waals surface area contributed by atoms with Crippen molar-refractivity contribution in [2.24, 2.45) is 35.1 Å². The minimum Gasteiger partial charge on any atom is -0.393 e. The first-order valence-corrected chi connectivity index (χ1v) is 12.0. The topological polar surface area (TPSA) is 118 Å². The summed E-state index contributed by atoms with van der Waals surface area (Å²) in [6, 6.07) is 0. The predicted molar refractivity (Wildman–Crippen MR) is 135 cm³/mol. The van der Waals surface area contributed by atoms with Crippen molar-refractivity contribution in [1.29, 1.82) is 0 Å². The van der Waals surface area contributed by atoms with Gasteiger partial charge in [0.25, 0.3) is 0 Å². The van der Waals surface area contributed by atoms with E-state index in [4.69, 9.17) is 16.6 Å². The number of rotatable bonds is 10. The lowest BCUT2D eigenvalue weighted by molar-refractivity contribution is -0.118. The number of hydrogen-bond donors (Lipinski definition) is 4. The Balaban J connectivity index is -0.000000341. The fourth-order valence-corrected chi connectivity index (χ4v) is 1.96. The van der Waals surface area contributed by atoms with Crippen LogP contribution in [0.5, 0.6) is 0 Å². The minimum atomic E-state index is -0.196. The average molecular weight is 443 g/mol. The van der Waals surface area contributed by atoms with Crippen molar-refractivity contribution in [2.75, 3.05) is 6.54 Å². The van der Waals surface area contributed by atoms with Crippen molar-refractivity contribution >= 4 is 5.91 Å². The monoisotopic (exact) mass is 442 g/mol. The zero-order chi connectivity index (χ0) is 24.8. The van der Waals surface area contributed by atoms with Gasteiger partial charge in [-0.25, -0.2) is 4.98 Å². The summed E-state index contributed by atoms with van der Waals surface area (Å²) in [5, 5.41) is 8.63. The van der Waals surface area contributed by atoms with E-state index in [0.717, 1.165) is 25.3 Å². The van der Waals surface area contributed by atoms with Gasteiger partial charge in [0.2, 0.25) is 5.91 Å². The van der Waals surface area contributed by atoms with Crippen LogP contribution in [0.25, 0.3) is 0 Å². The van der Waals surface area contributed by atoms with Crippen LogP contribution in [0.1, 0.15) is 100 Å². The third-order valence-electron chi connectivity index (χ3n) is 4.35. The van der Waals surface area contributed by atoms with Gasteiger partial charge in [0.15, 0.2) is 0 Å². The molecule has 31 heavy (non-hydrogen) atoms. The Labute approximate surface area is 193 Å². The normalized spacial score (nSPS) is 11.3. The Morgan fingerprint density at radius 1 is 0.968 bits per heavy atom. The molecule has 0 radical (unpaired) electrons. The number of nitrogens with zero attached hydrogens (tertiary/aromatic N) is 1. The number of aromatic nitrogens is 2. The molecule has 6 N–H and O–H groups in total. The third kappa shape index (κ3) is 36.3. The van der Waals surface area contributed by atoms with Gasteiger partial charge in [0.1, 0.15) is 0 Å². The van der Waals surface area contributed by atoms with Crippen LogP contribution in [0, 0.1) is 23.7 Å². The minimum absolute atomic E-state index is 0.148. The summed E-state index contributed by atoms with van der Waals surface area (Å²) in [5.74, 6) is 2.36. The number of amides is 1. The van der Waals surface area contributed by atoms with Crippen LogP contribution < -0.4 is 11.5 Å². The largest absolute Gasteiger partial charge is 0.393 e. The van der Waals surface area contributed by atoms with Crippen LogP contribution >= 0.6 is 0 Å². The third-order valence-corrected chi connectivity index (χ3v) is 4.35. The first kappa shape index (κ1) is 34.2. The van der Waals surface area contributed by atoms with Crippen molar-refractivity contribution in [3.8, 4) is 0 Å². The van der Waals surface area contributed by atoms with Gasteiger partial charge in [-0.2, -0.15) is 0 Å². The van der Waals surface area contributed by atoms with Crippen LogP contribution in [0.3, 0.4) is 0 Å². The SMILES string of the molecule is CC(C)C(C)O.CC(C)CCC(N)=O.CC(C)CCCCN.CC(C)Cc1cnc[nH]1. The van der Waals surface area contributed by atoms with Gasteiger partial charge >= 0.3 is 0 Å². The number of nitrogens with two attached hydrogens (primary N) is 2. The zero-order valence-electron chi connectivity index (χ0n) is 21.9. The average Bonchev–Trinajstić information content (AvgIpc) is 3.14. The van der Waals surface area contributed by atoms with Gasteiger partial charge in [-0.05, 0) is 56.4 Å². The van der Waals surface area contributed by atoms with E-state index in [1.807, 2.05) is 20.0 Å². The number of aliphatic hydroxyl groups is 1. The summed E-state index contributed by atoms with van der Waals surface area (Å²) in [7, 11) is 0. The van der Waals surface area contributed by atoms with E-state index in [2.05, 4.69) is 51.5 Å². The number of nitrogens with one attached hydrogen (secondary N) is 1. The molecule has 0 saturated carbocycles. The molecular formula is C25H54N4O2. The van der Waals surface area contributed by atoms with E-state index in [9.17, 15) is 4.79 Å². The number of primary amides is 1. The number of carbonyl (C=O) groups excluding carboxylic acids is 1. The van der Waals surface area contributed by atoms with Crippen LogP contribution in [0.4, 0.5) is 0 Å². The summed E-state index contributed by atoms with van der Waals surface area (Å²) in [4.78, 5) is 17.1. The molecule has 1 rings (SSSR count). The van der Waals surface area contributed by atoms with Gasteiger partial charge in [-0.15, -0.1) is 0 Å². The standard InChI is InChI=1S/C7H12N2.C7H17N.C6H13NO.C5H12O/c1-6(2)3-7-4-8-5-9-7;1-7(2)5-3-4-6-8;1-5(2)3-4-6(7)8;1-4(2)5(3)6/h4-6H,3H2,1-2H3,(H,8,9);7H,3-6,8H2,1-2H3;5H,3-4H2,1-2H3,(H2,7,8);4-6H,1-3H3. The molecule has 0 saturated heterocycles. The molecule has 1 aromatic heterocycles. The van der Waals surface area contributed by atoms with Crippen molar-refractivity contribution in [3.63, 3.8) is 0 Å². The second-order valence-corrected chi connectivity index (χ2v) is 9.74. The molecule has 0 spiro atoms. The molecule has 186 valence electrons. The smallest absolute Gasteiger partial charge is 0.217 e. The molecule has 1 unspecified atom stereocenters.